The summed E-state index contributed by atoms with van der Waals surface area (Å²) in [6, 6.07) is 6.47. The smallest absolute Gasteiger partial charge is 0.184 e. The molecule has 4 nitrogen and oxygen atoms in total. The van der Waals surface area contributed by atoms with Gasteiger partial charge in [0.2, 0.25) is 0 Å². The standard InChI is InChI=1S/C13H18N4S/c1-17(2)10-6-7-11-9(8-10)4-3-5-12(11)15-16-13(14)18/h6-8H,3-5H2,1-2H3,(H3,14,16,18). The molecular weight excluding hydrogens is 244 g/mol. The summed E-state index contributed by atoms with van der Waals surface area (Å²) in [4.78, 5) is 2.11. The van der Waals surface area contributed by atoms with Crippen LogP contribution < -0.4 is 16.1 Å². The molecular formula is C13H18N4S. The summed E-state index contributed by atoms with van der Waals surface area (Å²) >= 11 is 4.77. The number of nitrogens with one attached hydrogen (secondary N) is 1. The highest BCUT2D eigenvalue weighted by molar-refractivity contribution is 7.80. The molecule has 0 amide bonds. The summed E-state index contributed by atoms with van der Waals surface area (Å²) in [6.45, 7) is 0. The fraction of sp³-hybridized carbons (Fsp3) is 0.385. The van der Waals surface area contributed by atoms with E-state index in [-0.39, 0.29) is 5.11 Å². The number of hydrogen-bond donors (Lipinski definition) is 2. The van der Waals surface area contributed by atoms with Crippen LogP contribution in [0.4, 0.5) is 5.69 Å². The Morgan fingerprint density at radius 2 is 2.17 bits per heavy atom. The molecule has 0 aliphatic heterocycles. The second-order valence-electron chi connectivity index (χ2n) is 4.62. The molecule has 1 aliphatic rings. The van der Waals surface area contributed by atoms with Gasteiger partial charge in [-0.1, -0.05) is 6.07 Å². The van der Waals surface area contributed by atoms with Gasteiger partial charge in [0.25, 0.3) is 0 Å². The highest BCUT2D eigenvalue weighted by Gasteiger charge is 2.16. The Morgan fingerprint density at radius 3 is 2.83 bits per heavy atom. The van der Waals surface area contributed by atoms with Crippen LogP contribution in [-0.4, -0.2) is 24.9 Å². The number of nitrogens with two attached hydrogens (primary N) is 1. The van der Waals surface area contributed by atoms with E-state index in [0.717, 1.165) is 25.0 Å². The van der Waals surface area contributed by atoms with Crippen molar-refractivity contribution in [3.63, 3.8) is 0 Å². The van der Waals surface area contributed by atoms with Crippen molar-refractivity contribution >= 4 is 28.7 Å². The molecule has 0 fully saturated rings. The Morgan fingerprint density at radius 1 is 1.39 bits per heavy atom. The largest absolute Gasteiger partial charge is 0.378 e. The summed E-state index contributed by atoms with van der Waals surface area (Å²) < 4.78 is 0. The highest BCUT2D eigenvalue weighted by Crippen LogP contribution is 2.25. The molecule has 0 radical (unpaired) electrons. The second kappa shape index (κ2) is 5.35. The molecule has 1 aromatic carbocycles. The third-order valence-electron chi connectivity index (χ3n) is 3.08. The van der Waals surface area contributed by atoms with Gasteiger partial charge in [0.1, 0.15) is 0 Å². The lowest BCUT2D eigenvalue weighted by atomic mass is 9.89. The van der Waals surface area contributed by atoms with Gasteiger partial charge in [0, 0.05) is 25.3 Å². The van der Waals surface area contributed by atoms with Crippen LogP contribution in [0.15, 0.2) is 23.3 Å². The van der Waals surface area contributed by atoms with Gasteiger partial charge in [-0.15, -0.1) is 0 Å². The lowest BCUT2D eigenvalue weighted by molar-refractivity contribution is 0.827. The van der Waals surface area contributed by atoms with Crippen LogP contribution in [0.3, 0.4) is 0 Å². The SMILES string of the molecule is CN(C)c1ccc2c(c1)CCCC2=NNC(N)=S. The van der Waals surface area contributed by atoms with Gasteiger partial charge in [-0.05, 0) is 49.2 Å². The molecule has 0 heterocycles. The quantitative estimate of drug-likeness (QED) is 0.628. The summed E-state index contributed by atoms with van der Waals surface area (Å²) in [6.07, 6.45) is 3.18. The maximum Gasteiger partial charge on any atom is 0.184 e. The molecule has 0 atom stereocenters. The molecule has 0 bridgehead atoms. The van der Waals surface area contributed by atoms with Gasteiger partial charge >= 0.3 is 0 Å². The molecule has 18 heavy (non-hydrogen) atoms. The third kappa shape index (κ3) is 2.79. The predicted octanol–water partition coefficient (Wildman–Crippen LogP) is 1.63. The predicted molar refractivity (Wildman–Crippen MR) is 80.2 cm³/mol. The van der Waals surface area contributed by atoms with Crippen LogP contribution in [0, 0.1) is 0 Å². The number of hydrazone groups is 1. The lowest BCUT2D eigenvalue weighted by Gasteiger charge is -2.21. The van der Waals surface area contributed by atoms with Crippen molar-refractivity contribution in [2.24, 2.45) is 10.8 Å². The van der Waals surface area contributed by atoms with Crippen molar-refractivity contribution in [2.45, 2.75) is 19.3 Å². The summed E-state index contributed by atoms with van der Waals surface area (Å²) in [5.74, 6) is 0. The van der Waals surface area contributed by atoms with E-state index in [1.54, 1.807) is 0 Å². The second-order valence-corrected chi connectivity index (χ2v) is 5.06. The van der Waals surface area contributed by atoms with Crippen molar-refractivity contribution in [1.29, 1.82) is 0 Å². The van der Waals surface area contributed by atoms with E-state index in [4.69, 9.17) is 18.0 Å². The van der Waals surface area contributed by atoms with E-state index in [2.05, 4.69) is 33.6 Å². The number of hydrogen-bond acceptors (Lipinski definition) is 3. The van der Waals surface area contributed by atoms with E-state index in [1.807, 2.05) is 14.1 Å². The zero-order chi connectivity index (χ0) is 13.1. The highest BCUT2D eigenvalue weighted by atomic mass is 32.1. The molecule has 3 N–H and O–H groups in total. The molecule has 5 heteroatoms. The Kier molecular flexibility index (Phi) is 3.81. The normalized spacial score (nSPS) is 16.2. The molecule has 0 unspecified atom stereocenters. The van der Waals surface area contributed by atoms with Gasteiger partial charge in [0.05, 0.1) is 5.71 Å². The first-order valence-electron chi connectivity index (χ1n) is 6.00. The number of anilines is 1. The summed E-state index contributed by atoms with van der Waals surface area (Å²) in [5, 5.41) is 4.49. The van der Waals surface area contributed by atoms with Gasteiger partial charge in [0.15, 0.2) is 5.11 Å². The Hall–Kier alpha value is -1.62. The number of fused-ring (bicyclic) bond motifs is 1. The van der Waals surface area contributed by atoms with Crippen LogP contribution in [0.25, 0.3) is 0 Å². The minimum absolute atomic E-state index is 0.208. The van der Waals surface area contributed by atoms with E-state index in [9.17, 15) is 0 Å². The first-order valence-corrected chi connectivity index (χ1v) is 6.41. The van der Waals surface area contributed by atoms with E-state index >= 15 is 0 Å². The summed E-state index contributed by atoms with van der Waals surface area (Å²) in [7, 11) is 4.10. The summed E-state index contributed by atoms with van der Waals surface area (Å²) in [5.41, 5.74) is 12.9. The molecule has 1 aliphatic carbocycles. The van der Waals surface area contributed by atoms with Crippen molar-refractivity contribution in [3.05, 3.63) is 29.3 Å². The first kappa shape index (κ1) is 12.8. The Labute approximate surface area is 113 Å². The number of rotatable bonds is 2. The maximum atomic E-state index is 5.40. The molecule has 0 aromatic heterocycles. The zero-order valence-electron chi connectivity index (χ0n) is 10.7. The fourth-order valence-electron chi connectivity index (χ4n) is 2.17. The lowest BCUT2D eigenvalue weighted by Crippen LogP contribution is -2.26. The Balaban J connectivity index is 2.33. The van der Waals surface area contributed by atoms with Gasteiger partial charge in [-0.3, -0.25) is 5.43 Å². The van der Waals surface area contributed by atoms with Crippen molar-refractivity contribution in [2.75, 3.05) is 19.0 Å². The van der Waals surface area contributed by atoms with E-state index in [0.29, 0.717) is 0 Å². The monoisotopic (exact) mass is 262 g/mol. The van der Waals surface area contributed by atoms with Crippen LogP contribution in [0.5, 0.6) is 0 Å². The van der Waals surface area contributed by atoms with Crippen molar-refractivity contribution in [3.8, 4) is 0 Å². The first-order chi connectivity index (χ1) is 8.58. The van der Waals surface area contributed by atoms with Crippen LogP contribution >= 0.6 is 12.2 Å². The average molecular weight is 262 g/mol. The van der Waals surface area contributed by atoms with Crippen LogP contribution in [-0.2, 0) is 6.42 Å². The number of nitrogens with zero attached hydrogens (tertiary/aromatic N) is 2. The fourth-order valence-corrected chi connectivity index (χ4v) is 2.21. The number of aryl methyl sites for hydroxylation is 1. The average Bonchev–Trinajstić information content (AvgIpc) is 2.35. The molecule has 2 rings (SSSR count). The third-order valence-corrected chi connectivity index (χ3v) is 3.17. The minimum atomic E-state index is 0.208. The molecule has 0 saturated carbocycles. The minimum Gasteiger partial charge on any atom is -0.378 e. The van der Waals surface area contributed by atoms with Gasteiger partial charge in [-0.2, -0.15) is 5.10 Å². The van der Waals surface area contributed by atoms with Crippen molar-refractivity contribution in [1.82, 2.24) is 5.43 Å². The molecule has 0 spiro atoms. The van der Waals surface area contributed by atoms with Gasteiger partial charge < -0.3 is 10.6 Å². The Bertz CT molecular complexity index is 494. The van der Waals surface area contributed by atoms with E-state index in [1.165, 1.54) is 16.8 Å². The number of benzene rings is 1. The molecule has 96 valence electrons. The van der Waals surface area contributed by atoms with E-state index < -0.39 is 0 Å². The maximum absolute atomic E-state index is 5.40. The molecule has 1 aromatic rings. The zero-order valence-corrected chi connectivity index (χ0v) is 11.5. The van der Waals surface area contributed by atoms with Gasteiger partial charge in [-0.25, -0.2) is 0 Å². The number of thiocarbonyl (C=S) groups is 1. The topological polar surface area (TPSA) is 53.6 Å². The van der Waals surface area contributed by atoms with Crippen molar-refractivity contribution < 1.29 is 0 Å². The molecule has 0 saturated heterocycles. The van der Waals surface area contributed by atoms with Crippen LogP contribution in [0.2, 0.25) is 0 Å². The van der Waals surface area contributed by atoms with Crippen LogP contribution in [0.1, 0.15) is 24.0 Å².